The van der Waals surface area contributed by atoms with E-state index in [0.717, 1.165) is 17.7 Å². The largest absolute Gasteiger partial charge is 0.503 e. The lowest BCUT2D eigenvalue weighted by atomic mass is 10.0. The van der Waals surface area contributed by atoms with Crippen LogP contribution in [0.2, 0.25) is 0 Å². The third kappa shape index (κ3) is 2.83. The first-order valence-electron chi connectivity index (χ1n) is 5.47. The predicted molar refractivity (Wildman–Crippen MR) is 61.8 cm³/mol. The van der Waals surface area contributed by atoms with Crippen molar-refractivity contribution in [2.24, 2.45) is 0 Å². The first kappa shape index (κ1) is 12.5. The van der Waals surface area contributed by atoms with Crippen molar-refractivity contribution < 1.29 is 18.3 Å². The van der Waals surface area contributed by atoms with Crippen LogP contribution in [-0.4, -0.2) is 5.11 Å². The molecule has 0 bridgehead atoms. The number of halogens is 3. The fourth-order valence-electron chi connectivity index (χ4n) is 1.70. The molecule has 4 heteroatoms. The van der Waals surface area contributed by atoms with Crippen LogP contribution in [0.1, 0.15) is 11.1 Å². The van der Waals surface area contributed by atoms with Gasteiger partial charge in [-0.2, -0.15) is 0 Å². The van der Waals surface area contributed by atoms with Crippen LogP contribution in [-0.2, 0) is 12.8 Å². The van der Waals surface area contributed by atoms with Crippen molar-refractivity contribution >= 4 is 0 Å². The smallest absolute Gasteiger partial charge is 0.187 e. The van der Waals surface area contributed by atoms with E-state index in [2.05, 4.69) is 0 Å². The van der Waals surface area contributed by atoms with E-state index >= 15 is 0 Å². The van der Waals surface area contributed by atoms with Gasteiger partial charge in [0.2, 0.25) is 0 Å². The van der Waals surface area contributed by atoms with Gasteiger partial charge >= 0.3 is 0 Å². The van der Waals surface area contributed by atoms with Crippen LogP contribution in [0, 0.1) is 17.5 Å². The molecule has 0 aliphatic carbocycles. The van der Waals surface area contributed by atoms with Gasteiger partial charge in [-0.3, -0.25) is 0 Å². The molecule has 0 saturated carbocycles. The number of hydrogen-bond donors (Lipinski definition) is 1. The minimum atomic E-state index is -0.968. The number of phenolic OH excluding ortho intramolecular Hbond substituents is 1. The summed E-state index contributed by atoms with van der Waals surface area (Å²) in [4.78, 5) is 0. The summed E-state index contributed by atoms with van der Waals surface area (Å²) >= 11 is 0. The summed E-state index contributed by atoms with van der Waals surface area (Å²) in [5, 5.41) is 8.95. The molecule has 0 spiro atoms. The van der Waals surface area contributed by atoms with Gasteiger partial charge in [0.25, 0.3) is 0 Å². The molecular weight excluding hydrogens is 241 g/mol. The Labute approximate surface area is 103 Å². The van der Waals surface area contributed by atoms with Crippen LogP contribution in [0.15, 0.2) is 36.4 Å². The molecular formula is C14H11F3O. The molecule has 2 rings (SSSR count). The summed E-state index contributed by atoms with van der Waals surface area (Å²) in [7, 11) is 0. The zero-order valence-corrected chi connectivity index (χ0v) is 9.46. The Morgan fingerprint density at radius 1 is 0.778 bits per heavy atom. The third-order valence-corrected chi connectivity index (χ3v) is 2.69. The SMILES string of the molecule is Oc1c(F)cc(CCc2ccc(F)cc2)cc1F. The van der Waals surface area contributed by atoms with Gasteiger partial charge < -0.3 is 5.11 Å². The first-order valence-corrected chi connectivity index (χ1v) is 5.47. The second-order valence-electron chi connectivity index (χ2n) is 4.03. The maximum Gasteiger partial charge on any atom is 0.187 e. The lowest BCUT2D eigenvalue weighted by Crippen LogP contribution is -1.94. The first-order chi connectivity index (χ1) is 8.56. The fraction of sp³-hybridized carbons (Fsp3) is 0.143. The lowest BCUT2D eigenvalue weighted by molar-refractivity contribution is 0.395. The van der Waals surface area contributed by atoms with Crippen LogP contribution < -0.4 is 0 Å². The summed E-state index contributed by atoms with van der Waals surface area (Å²) in [6.07, 6.45) is 0.962. The highest BCUT2D eigenvalue weighted by Crippen LogP contribution is 2.22. The van der Waals surface area contributed by atoms with E-state index in [-0.39, 0.29) is 5.82 Å². The normalized spacial score (nSPS) is 10.6. The van der Waals surface area contributed by atoms with Crippen LogP contribution >= 0.6 is 0 Å². The van der Waals surface area contributed by atoms with Gasteiger partial charge in [0.05, 0.1) is 0 Å². The van der Waals surface area contributed by atoms with Crippen molar-refractivity contribution in [3.05, 3.63) is 65.0 Å². The summed E-state index contributed by atoms with van der Waals surface area (Å²) in [6.45, 7) is 0. The maximum atomic E-state index is 13.1. The summed E-state index contributed by atoms with van der Waals surface area (Å²) in [6, 6.07) is 8.13. The lowest BCUT2D eigenvalue weighted by Gasteiger charge is -2.04. The van der Waals surface area contributed by atoms with Gasteiger partial charge in [-0.05, 0) is 48.2 Å². The molecule has 1 nitrogen and oxygen atoms in total. The van der Waals surface area contributed by atoms with E-state index in [1.165, 1.54) is 12.1 Å². The van der Waals surface area contributed by atoms with Crippen LogP contribution in [0.4, 0.5) is 13.2 Å². The standard InChI is InChI=1S/C14H11F3O/c15-11-5-3-9(4-6-11)1-2-10-7-12(16)14(18)13(17)8-10/h3-8,18H,1-2H2. The third-order valence-electron chi connectivity index (χ3n) is 2.69. The average Bonchev–Trinajstić information content (AvgIpc) is 2.35. The molecule has 0 atom stereocenters. The van der Waals surface area contributed by atoms with Crippen molar-refractivity contribution in [2.75, 3.05) is 0 Å². The van der Waals surface area contributed by atoms with Gasteiger partial charge in [-0.25, -0.2) is 13.2 Å². The Balaban J connectivity index is 2.08. The van der Waals surface area contributed by atoms with E-state index in [1.807, 2.05) is 0 Å². The number of phenols is 1. The highest BCUT2D eigenvalue weighted by molar-refractivity contribution is 5.30. The molecule has 0 saturated heterocycles. The van der Waals surface area contributed by atoms with Gasteiger partial charge in [0, 0.05) is 0 Å². The number of rotatable bonds is 3. The molecule has 0 fully saturated rings. The van der Waals surface area contributed by atoms with Crippen molar-refractivity contribution in [1.82, 2.24) is 0 Å². The van der Waals surface area contributed by atoms with Crippen LogP contribution in [0.25, 0.3) is 0 Å². The van der Waals surface area contributed by atoms with Crippen molar-refractivity contribution in [1.29, 1.82) is 0 Å². The molecule has 2 aromatic carbocycles. The Morgan fingerprint density at radius 3 is 1.83 bits per heavy atom. The molecule has 94 valence electrons. The highest BCUT2D eigenvalue weighted by atomic mass is 19.1. The van der Waals surface area contributed by atoms with E-state index in [0.29, 0.717) is 18.4 Å². The Kier molecular flexibility index (Phi) is 3.55. The van der Waals surface area contributed by atoms with Crippen molar-refractivity contribution in [3.63, 3.8) is 0 Å². The minimum Gasteiger partial charge on any atom is -0.503 e. The van der Waals surface area contributed by atoms with Gasteiger partial charge in [0.1, 0.15) is 5.82 Å². The van der Waals surface area contributed by atoms with E-state index < -0.39 is 17.4 Å². The van der Waals surface area contributed by atoms with Gasteiger partial charge in [-0.15, -0.1) is 0 Å². The van der Waals surface area contributed by atoms with E-state index in [9.17, 15) is 13.2 Å². The minimum absolute atomic E-state index is 0.319. The molecule has 0 aliphatic heterocycles. The number of aromatic hydroxyl groups is 1. The summed E-state index contributed by atoms with van der Waals surface area (Å²) in [5.74, 6) is -3.21. The average molecular weight is 252 g/mol. The second-order valence-corrected chi connectivity index (χ2v) is 4.03. The second kappa shape index (κ2) is 5.12. The zero-order valence-electron chi connectivity index (χ0n) is 9.46. The highest BCUT2D eigenvalue weighted by Gasteiger charge is 2.09. The Bertz CT molecular complexity index is 526. The fourth-order valence-corrected chi connectivity index (χ4v) is 1.70. The molecule has 0 heterocycles. The maximum absolute atomic E-state index is 13.1. The predicted octanol–water partition coefficient (Wildman–Crippen LogP) is 3.59. The number of benzene rings is 2. The molecule has 18 heavy (non-hydrogen) atoms. The molecule has 1 N–H and O–H groups in total. The molecule has 0 radical (unpaired) electrons. The Hall–Kier alpha value is -1.97. The number of aryl methyl sites for hydroxylation is 2. The zero-order chi connectivity index (χ0) is 13.1. The number of hydrogen-bond acceptors (Lipinski definition) is 1. The van der Waals surface area contributed by atoms with Gasteiger partial charge in [0.15, 0.2) is 17.4 Å². The Morgan fingerprint density at radius 2 is 1.28 bits per heavy atom. The van der Waals surface area contributed by atoms with Crippen molar-refractivity contribution in [3.8, 4) is 5.75 Å². The van der Waals surface area contributed by atoms with Crippen LogP contribution in [0.5, 0.6) is 5.75 Å². The van der Waals surface area contributed by atoms with Crippen LogP contribution in [0.3, 0.4) is 0 Å². The topological polar surface area (TPSA) is 20.2 Å². The molecule has 0 unspecified atom stereocenters. The van der Waals surface area contributed by atoms with Crippen molar-refractivity contribution in [2.45, 2.75) is 12.8 Å². The molecule has 2 aromatic rings. The van der Waals surface area contributed by atoms with E-state index in [1.54, 1.807) is 12.1 Å². The molecule has 0 aromatic heterocycles. The summed E-state index contributed by atoms with van der Waals surface area (Å²) < 4.78 is 38.8. The van der Waals surface area contributed by atoms with Gasteiger partial charge in [-0.1, -0.05) is 12.1 Å². The van der Waals surface area contributed by atoms with E-state index in [4.69, 9.17) is 5.11 Å². The molecule has 0 aliphatic rings. The quantitative estimate of drug-likeness (QED) is 0.885. The molecule has 0 amide bonds. The monoisotopic (exact) mass is 252 g/mol. The summed E-state index contributed by atoms with van der Waals surface area (Å²) in [5.41, 5.74) is 1.33.